The molecule has 92 valence electrons. The van der Waals surface area contributed by atoms with Crippen molar-refractivity contribution in [3.05, 3.63) is 23.0 Å². The number of nitrogens with two attached hydrogens (primary N) is 1. The molecule has 0 aliphatic carbocycles. The molecule has 7 heteroatoms. The van der Waals surface area contributed by atoms with Crippen molar-refractivity contribution in [3.8, 4) is 0 Å². The van der Waals surface area contributed by atoms with Gasteiger partial charge < -0.3 is 15.5 Å². The number of nitrogens with one attached hydrogen (secondary N) is 2. The van der Waals surface area contributed by atoms with Crippen LogP contribution in [-0.2, 0) is 4.74 Å². The Morgan fingerprint density at radius 2 is 2.47 bits per heavy atom. The number of aromatic amines is 1. The maximum Gasteiger partial charge on any atom is 0.340 e. The minimum absolute atomic E-state index is 0.0613. The molecule has 0 aliphatic rings. The maximum absolute atomic E-state index is 11.7. The van der Waals surface area contributed by atoms with E-state index in [9.17, 15) is 4.79 Å². The monoisotopic (exact) mass is 254 g/mol. The van der Waals surface area contributed by atoms with E-state index < -0.39 is 0 Å². The van der Waals surface area contributed by atoms with Crippen LogP contribution in [0.4, 0.5) is 0 Å². The Morgan fingerprint density at radius 3 is 3.06 bits per heavy atom. The Kier molecular flexibility index (Phi) is 4.65. The van der Waals surface area contributed by atoms with E-state index in [1.165, 1.54) is 6.21 Å². The second kappa shape index (κ2) is 6.00. The molecule has 0 fully saturated rings. The molecule has 6 nitrogen and oxygen atoms in total. The lowest BCUT2D eigenvalue weighted by Crippen LogP contribution is -2.24. The van der Waals surface area contributed by atoms with Crippen molar-refractivity contribution in [2.24, 2.45) is 10.8 Å². The first-order valence-corrected chi connectivity index (χ1v) is 5.40. The van der Waals surface area contributed by atoms with E-state index in [0.29, 0.717) is 17.7 Å². The van der Waals surface area contributed by atoms with Crippen LogP contribution in [0.2, 0.25) is 0 Å². The molecule has 17 heavy (non-hydrogen) atoms. The van der Waals surface area contributed by atoms with Gasteiger partial charge in [0.1, 0.15) is 0 Å². The summed E-state index contributed by atoms with van der Waals surface area (Å²) in [5.41, 5.74) is 9.43. The maximum atomic E-state index is 11.7. The van der Waals surface area contributed by atoms with E-state index in [-0.39, 0.29) is 11.1 Å². The molecule has 0 aliphatic heterocycles. The summed E-state index contributed by atoms with van der Waals surface area (Å²) < 4.78 is 4.94. The average Bonchev–Trinajstić information content (AvgIpc) is 2.60. The van der Waals surface area contributed by atoms with Gasteiger partial charge in [0, 0.05) is 17.5 Å². The van der Waals surface area contributed by atoms with Gasteiger partial charge in [0.2, 0.25) is 0 Å². The number of carbonyl (C=O) groups excluding carboxylic acids is 1. The zero-order chi connectivity index (χ0) is 12.8. The first kappa shape index (κ1) is 13.2. The van der Waals surface area contributed by atoms with Crippen LogP contribution in [0.1, 0.15) is 28.5 Å². The molecule has 0 spiro atoms. The Bertz CT molecular complexity index is 453. The number of carbonyl (C=O) groups is 1. The lowest BCUT2D eigenvalue weighted by Gasteiger charge is -2.02. The van der Waals surface area contributed by atoms with E-state index in [2.05, 4.69) is 27.7 Å². The van der Waals surface area contributed by atoms with Crippen LogP contribution in [0, 0.1) is 6.92 Å². The van der Waals surface area contributed by atoms with Gasteiger partial charge in [-0.1, -0.05) is 0 Å². The first-order chi connectivity index (χ1) is 8.06. The minimum atomic E-state index is -0.386. The normalized spacial score (nSPS) is 10.5. The van der Waals surface area contributed by atoms with Crippen molar-refractivity contribution in [3.63, 3.8) is 0 Å². The number of hydrogen-bond acceptors (Lipinski definition) is 4. The number of ether oxygens (including phenoxy) is 1. The Balaban J connectivity index is 2.89. The van der Waals surface area contributed by atoms with Gasteiger partial charge in [0.15, 0.2) is 5.11 Å². The Hall–Kier alpha value is -1.89. The molecule has 0 radical (unpaired) electrons. The molecule has 1 aromatic rings. The quantitative estimate of drug-likeness (QED) is 0.318. The number of aryl methyl sites for hydroxylation is 1. The summed E-state index contributed by atoms with van der Waals surface area (Å²) in [6, 6.07) is 0. The smallest absolute Gasteiger partial charge is 0.340 e. The van der Waals surface area contributed by atoms with Crippen LogP contribution in [0.15, 0.2) is 11.3 Å². The highest BCUT2D eigenvalue weighted by atomic mass is 32.1. The summed E-state index contributed by atoms with van der Waals surface area (Å²) in [6.07, 6.45) is 3.11. The predicted molar refractivity (Wildman–Crippen MR) is 69.0 cm³/mol. The van der Waals surface area contributed by atoms with Gasteiger partial charge in [-0.05, 0) is 26.1 Å². The van der Waals surface area contributed by atoms with Gasteiger partial charge in [-0.3, -0.25) is 5.43 Å². The second-order valence-corrected chi connectivity index (χ2v) is 3.64. The third kappa shape index (κ3) is 3.56. The number of thiocarbonyl (C=S) groups is 1. The molecule has 4 N–H and O–H groups in total. The van der Waals surface area contributed by atoms with Crippen molar-refractivity contribution >= 4 is 29.5 Å². The Morgan fingerprint density at radius 1 is 1.76 bits per heavy atom. The molecule has 1 aromatic heterocycles. The SMILES string of the molecule is CCOC(=O)c1c(C=NNC(N)=S)c[nH]c1C. The number of hydrazone groups is 1. The molecule has 0 bridgehead atoms. The van der Waals surface area contributed by atoms with Crippen molar-refractivity contribution in [2.75, 3.05) is 6.61 Å². The zero-order valence-corrected chi connectivity index (χ0v) is 10.4. The van der Waals surface area contributed by atoms with Crippen molar-refractivity contribution < 1.29 is 9.53 Å². The van der Waals surface area contributed by atoms with E-state index in [1.807, 2.05) is 0 Å². The van der Waals surface area contributed by atoms with E-state index in [1.54, 1.807) is 20.0 Å². The average molecular weight is 254 g/mol. The summed E-state index contributed by atoms with van der Waals surface area (Å²) in [5.74, 6) is -0.386. The third-order valence-electron chi connectivity index (χ3n) is 1.97. The lowest BCUT2D eigenvalue weighted by molar-refractivity contribution is 0.0525. The zero-order valence-electron chi connectivity index (χ0n) is 9.61. The highest BCUT2D eigenvalue weighted by Gasteiger charge is 2.16. The lowest BCUT2D eigenvalue weighted by atomic mass is 10.1. The fourth-order valence-corrected chi connectivity index (χ4v) is 1.34. The van der Waals surface area contributed by atoms with E-state index in [4.69, 9.17) is 10.5 Å². The number of H-pyrrole nitrogens is 1. The molecule has 1 heterocycles. The second-order valence-electron chi connectivity index (χ2n) is 3.20. The van der Waals surface area contributed by atoms with Crippen LogP contribution in [0.25, 0.3) is 0 Å². The Labute approximate surface area is 104 Å². The van der Waals surface area contributed by atoms with E-state index in [0.717, 1.165) is 5.69 Å². The van der Waals surface area contributed by atoms with Gasteiger partial charge in [-0.2, -0.15) is 5.10 Å². The minimum Gasteiger partial charge on any atom is -0.462 e. The standard InChI is InChI=1S/C10H14N4O2S/c1-3-16-9(15)8-6(2)12-4-7(8)5-13-14-10(11)17/h4-5,12H,3H2,1-2H3,(H3,11,14,17). The van der Waals surface area contributed by atoms with Gasteiger partial charge in [-0.25, -0.2) is 4.79 Å². The van der Waals surface area contributed by atoms with Crippen molar-refractivity contribution in [1.82, 2.24) is 10.4 Å². The summed E-state index contributed by atoms with van der Waals surface area (Å²) >= 11 is 4.60. The molecule has 0 aromatic carbocycles. The largest absolute Gasteiger partial charge is 0.462 e. The fraction of sp³-hybridized carbons (Fsp3) is 0.300. The molecule has 1 rings (SSSR count). The summed E-state index contributed by atoms with van der Waals surface area (Å²) in [7, 11) is 0. The number of aromatic nitrogens is 1. The molecular formula is C10H14N4O2S. The molecule has 0 atom stereocenters. The van der Waals surface area contributed by atoms with Gasteiger partial charge >= 0.3 is 5.97 Å². The van der Waals surface area contributed by atoms with Gasteiger partial charge in [-0.15, -0.1) is 0 Å². The molecule has 0 unspecified atom stereocenters. The fourth-order valence-electron chi connectivity index (χ4n) is 1.29. The van der Waals surface area contributed by atoms with Crippen molar-refractivity contribution in [1.29, 1.82) is 0 Å². The highest BCUT2D eigenvalue weighted by molar-refractivity contribution is 7.80. The third-order valence-corrected chi connectivity index (χ3v) is 2.06. The van der Waals surface area contributed by atoms with Crippen LogP contribution in [0.3, 0.4) is 0 Å². The number of nitrogens with zero attached hydrogens (tertiary/aromatic N) is 1. The van der Waals surface area contributed by atoms with Crippen LogP contribution >= 0.6 is 12.2 Å². The van der Waals surface area contributed by atoms with Crippen LogP contribution in [0.5, 0.6) is 0 Å². The van der Waals surface area contributed by atoms with Gasteiger partial charge in [0.25, 0.3) is 0 Å². The summed E-state index contributed by atoms with van der Waals surface area (Å²) in [6.45, 7) is 3.86. The highest BCUT2D eigenvalue weighted by Crippen LogP contribution is 2.12. The van der Waals surface area contributed by atoms with Crippen molar-refractivity contribution in [2.45, 2.75) is 13.8 Å². The van der Waals surface area contributed by atoms with Gasteiger partial charge in [0.05, 0.1) is 18.4 Å². The number of hydrogen-bond donors (Lipinski definition) is 3. The van der Waals surface area contributed by atoms with Crippen LogP contribution in [-0.4, -0.2) is 28.9 Å². The van der Waals surface area contributed by atoms with E-state index >= 15 is 0 Å². The summed E-state index contributed by atoms with van der Waals surface area (Å²) in [5, 5.41) is 3.85. The predicted octanol–water partition coefficient (Wildman–Crippen LogP) is 0.667. The summed E-state index contributed by atoms with van der Waals surface area (Å²) in [4.78, 5) is 14.6. The molecular weight excluding hydrogens is 240 g/mol. The number of esters is 1. The van der Waals surface area contributed by atoms with Crippen LogP contribution < -0.4 is 11.2 Å². The topological polar surface area (TPSA) is 92.5 Å². The molecule has 0 saturated heterocycles. The number of rotatable bonds is 4. The first-order valence-electron chi connectivity index (χ1n) is 4.99. The molecule has 0 amide bonds. The molecule has 0 saturated carbocycles.